The average molecular weight is 423 g/mol. The summed E-state index contributed by atoms with van der Waals surface area (Å²) >= 11 is 6.27. The van der Waals surface area contributed by atoms with Gasteiger partial charge in [-0.25, -0.2) is 9.98 Å². The van der Waals surface area contributed by atoms with Crippen molar-refractivity contribution >= 4 is 29.7 Å². The third-order valence-corrected chi connectivity index (χ3v) is 4.08. The Balaban J connectivity index is 0.00000198. The highest BCUT2D eigenvalue weighted by atomic mass is 35.5. The number of allylic oxidation sites excluding steroid dienone is 5. The molecule has 0 saturated carbocycles. The highest BCUT2D eigenvalue weighted by molar-refractivity contribution is 6.30. The Morgan fingerprint density at radius 3 is 2.00 bits per heavy atom. The topological polar surface area (TPSA) is 24.7 Å². The van der Waals surface area contributed by atoms with E-state index in [2.05, 4.69) is 53.1 Å². The lowest BCUT2D eigenvalue weighted by Gasteiger charge is -2.04. The van der Waals surface area contributed by atoms with Crippen LogP contribution in [0, 0.1) is 0 Å². The predicted octanol–water partition coefficient (Wildman–Crippen LogP) is 8.49. The molecule has 0 spiro atoms. The first-order valence-electron chi connectivity index (χ1n) is 10.5. The number of aliphatic imine (C=N–C) groups is 2. The number of benzene rings is 2. The van der Waals surface area contributed by atoms with Crippen molar-refractivity contribution in [1.29, 1.82) is 0 Å². The summed E-state index contributed by atoms with van der Waals surface area (Å²) in [4.78, 5) is 8.33. The summed E-state index contributed by atoms with van der Waals surface area (Å²) in [5.74, 6) is 0.520. The molecule has 0 saturated heterocycles. The molecule has 30 heavy (non-hydrogen) atoms. The second-order valence-corrected chi connectivity index (χ2v) is 6.02. The van der Waals surface area contributed by atoms with Crippen molar-refractivity contribution in [1.82, 2.24) is 0 Å². The van der Waals surface area contributed by atoms with Gasteiger partial charge in [-0.3, -0.25) is 0 Å². The number of hydrogen-bond acceptors (Lipinski definition) is 1. The van der Waals surface area contributed by atoms with E-state index in [0.717, 1.165) is 5.56 Å². The molecule has 2 nitrogen and oxygen atoms in total. The van der Waals surface area contributed by atoms with Gasteiger partial charge < -0.3 is 0 Å². The highest BCUT2D eigenvalue weighted by Crippen LogP contribution is 2.18. The maximum Gasteiger partial charge on any atom is 0.160 e. The van der Waals surface area contributed by atoms with Crippen LogP contribution >= 0.6 is 11.6 Å². The SMILES string of the molecule is C=N/C(=N\C(Cl)=C/Cc1ccc(C(/C=C\C)=C/C)cc1)c1ccccc1.CC.CC. The van der Waals surface area contributed by atoms with Crippen LogP contribution in [0.4, 0.5) is 0 Å². The van der Waals surface area contributed by atoms with Crippen LogP contribution < -0.4 is 0 Å². The van der Waals surface area contributed by atoms with E-state index in [1.807, 2.05) is 84.0 Å². The Morgan fingerprint density at radius 1 is 0.900 bits per heavy atom. The maximum atomic E-state index is 6.27. The third-order valence-electron chi connectivity index (χ3n) is 3.85. The highest BCUT2D eigenvalue weighted by Gasteiger charge is 2.01. The molecule has 0 N–H and O–H groups in total. The van der Waals surface area contributed by atoms with E-state index >= 15 is 0 Å². The zero-order valence-electron chi connectivity index (χ0n) is 19.2. The molecular formula is C27H35ClN2. The minimum atomic E-state index is 0.406. The minimum Gasteiger partial charge on any atom is -0.245 e. The lowest BCUT2D eigenvalue weighted by Crippen LogP contribution is -1.96. The van der Waals surface area contributed by atoms with Gasteiger partial charge in [-0.05, 0) is 49.8 Å². The Labute approximate surface area is 188 Å². The lowest BCUT2D eigenvalue weighted by molar-refractivity contribution is 1.24. The normalized spacial score (nSPS) is 11.9. The van der Waals surface area contributed by atoms with Crippen LogP contribution in [0.2, 0.25) is 0 Å². The molecule has 2 rings (SSSR count). The number of rotatable bonds is 6. The number of nitrogens with zero attached hydrogens (tertiary/aromatic N) is 2. The van der Waals surface area contributed by atoms with Crippen molar-refractivity contribution in [3.05, 3.63) is 101 Å². The molecule has 0 unspecified atom stereocenters. The van der Waals surface area contributed by atoms with E-state index in [0.29, 0.717) is 17.4 Å². The molecular weight excluding hydrogens is 388 g/mol. The fourth-order valence-electron chi connectivity index (χ4n) is 2.50. The molecule has 3 heteroatoms. The van der Waals surface area contributed by atoms with Gasteiger partial charge in [0.25, 0.3) is 0 Å². The zero-order chi connectivity index (χ0) is 22.8. The fourth-order valence-corrected chi connectivity index (χ4v) is 2.66. The first-order chi connectivity index (χ1) is 14.7. The Kier molecular flexibility index (Phi) is 15.6. The van der Waals surface area contributed by atoms with Crippen molar-refractivity contribution in [2.45, 2.75) is 48.0 Å². The molecule has 2 aromatic carbocycles. The van der Waals surface area contributed by atoms with Gasteiger partial charge >= 0.3 is 0 Å². The molecule has 160 valence electrons. The van der Waals surface area contributed by atoms with Crippen LogP contribution in [0.1, 0.15) is 58.2 Å². The minimum absolute atomic E-state index is 0.406. The summed E-state index contributed by atoms with van der Waals surface area (Å²) in [5, 5.41) is 0.406. The van der Waals surface area contributed by atoms with Gasteiger partial charge in [-0.15, -0.1) is 0 Å². The Bertz CT molecular complexity index is 842. The molecule has 0 fully saturated rings. The Morgan fingerprint density at radius 2 is 1.50 bits per heavy atom. The second kappa shape index (κ2) is 17.2. The predicted molar refractivity (Wildman–Crippen MR) is 138 cm³/mol. The van der Waals surface area contributed by atoms with Gasteiger partial charge in [0.15, 0.2) is 5.84 Å². The Hall–Kier alpha value is -2.71. The largest absolute Gasteiger partial charge is 0.245 e. The van der Waals surface area contributed by atoms with Crippen LogP contribution in [0.15, 0.2) is 94.0 Å². The van der Waals surface area contributed by atoms with E-state index in [-0.39, 0.29) is 0 Å². The van der Waals surface area contributed by atoms with Crippen molar-refractivity contribution in [2.75, 3.05) is 0 Å². The van der Waals surface area contributed by atoms with Gasteiger partial charge in [0.1, 0.15) is 5.16 Å². The van der Waals surface area contributed by atoms with E-state index in [1.54, 1.807) is 0 Å². The first-order valence-corrected chi connectivity index (χ1v) is 10.9. The van der Waals surface area contributed by atoms with Crippen molar-refractivity contribution in [3.63, 3.8) is 0 Å². The smallest absolute Gasteiger partial charge is 0.160 e. The third kappa shape index (κ3) is 9.67. The van der Waals surface area contributed by atoms with E-state index in [1.165, 1.54) is 16.7 Å². The van der Waals surface area contributed by atoms with E-state index in [4.69, 9.17) is 11.6 Å². The molecule has 2 aromatic rings. The fraction of sp³-hybridized carbons (Fsp3) is 0.259. The molecule has 0 radical (unpaired) electrons. The molecule has 0 aliphatic heterocycles. The average Bonchev–Trinajstić information content (AvgIpc) is 2.83. The number of amidine groups is 1. The second-order valence-electron chi connectivity index (χ2n) is 5.63. The lowest BCUT2D eigenvalue weighted by atomic mass is 10.0. The van der Waals surface area contributed by atoms with Crippen LogP contribution in [0.3, 0.4) is 0 Å². The first kappa shape index (κ1) is 27.3. The van der Waals surface area contributed by atoms with Gasteiger partial charge in [0.2, 0.25) is 0 Å². The quantitative estimate of drug-likeness (QED) is 0.193. The van der Waals surface area contributed by atoms with Gasteiger partial charge in [-0.1, -0.05) is 112 Å². The van der Waals surface area contributed by atoms with Gasteiger partial charge in [0.05, 0.1) is 0 Å². The molecule has 0 amide bonds. The van der Waals surface area contributed by atoms with Crippen LogP contribution in [-0.2, 0) is 6.42 Å². The van der Waals surface area contributed by atoms with Crippen molar-refractivity contribution < 1.29 is 0 Å². The standard InChI is InChI=1S/C23H23ClN2.2C2H6/c1-4-9-19(5-2)20-15-12-18(13-16-20)14-17-22(24)26-23(25-3)21-10-7-6-8-11-21;2*1-2/h4-13,15-17H,3,14H2,1-2H3;2*1-2H3/b9-4-,19-5+,22-17-,26-23-;;. The summed E-state index contributed by atoms with van der Waals surface area (Å²) in [5.41, 5.74) is 4.47. The summed E-state index contributed by atoms with van der Waals surface area (Å²) in [7, 11) is 0. The van der Waals surface area contributed by atoms with Crippen molar-refractivity contribution in [2.24, 2.45) is 9.98 Å². The summed E-state index contributed by atoms with van der Waals surface area (Å²) in [6.45, 7) is 15.6. The summed E-state index contributed by atoms with van der Waals surface area (Å²) in [6.07, 6.45) is 8.84. The van der Waals surface area contributed by atoms with Gasteiger partial charge in [-0.2, -0.15) is 0 Å². The van der Waals surface area contributed by atoms with E-state index in [9.17, 15) is 0 Å². The van der Waals surface area contributed by atoms with Crippen LogP contribution in [0.5, 0.6) is 0 Å². The van der Waals surface area contributed by atoms with E-state index < -0.39 is 0 Å². The van der Waals surface area contributed by atoms with Crippen LogP contribution in [0.25, 0.3) is 5.57 Å². The molecule has 0 aromatic heterocycles. The molecule has 0 atom stereocenters. The molecule has 0 bridgehead atoms. The molecule has 0 aliphatic carbocycles. The number of halogens is 1. The zero-order valence-corrected chi connectivity index (χ0v) is 19.9. The maximum absolute atomic E-state index is 6.27. The summed E-state index contributed by atoms with van der Waals surface area (Å²) < 4.78 is 0. The molecule has 0 heterocycles. The van der Waals surface area contributed by atoms with Crippen LogP contribution in [-0.4, -0.2) is 12.6 Å². The number of hydrogen-bond donors (Lipinski definition) is 0. The summed E-state index contributed by atoms with van der Waals surface area (Å²) in [6, 6.07) is 18.1. The van der Waals surface area contributed by atoms with Crippen molar-refractivity contribution in [3.8, 4) is 0 Å². The molecule has 0 aliphatic rings. The van der Waals surface area contributed by atoms with Gasteiger partial charge in [0, 0.05) is 5.56 Å². The monoisotopic (exact) mass is 422 g/mol.